The van der Waals surface area contributed by atoms with E-state index in [0.717, 1.165) is 18.5 Å². The normalized spacial score (nSPS) is 11.5. The van der Waals surface area contributed by atoms with Gasteiger partial charge in [-0.25, -0.2) is 13.6 Å². The Balaban J connectivity index is 2.01. The topological polar surface area (TPSA) is 72.2 Å². The van der Waals surface area contributed by atoms with Crippen LogP contribution in [0.4, 0.5) is 0 Å². The number of primary sulfonamides is 1. The zero-order valence-electron chi connectivity index (χ0n) is 12.0. The molecule has 0 fully saturated rings. The van der Waals surface area contributed by atoms with E-state index in [4.69, 9.17) is 5.14 Å². The van der Waals surface area contributed by atoms with Gasteiger partial charge in [-0.15, -0.1) is 0 Å². The molecule has 3 N–H and O–H groups in total. The van der Waals surface area contributed by atoms with Gasteiger partial charge in [0.1, 0.15) is 0 Å². The van der Waals surface area contributed by atoms with Crippen molar-refractivity contribution in [1.82, 2.24) is 5.32 Å². The molecule has 0 aliphatic carbocycles. The van der Waals surface area contributed by atoms with Crippen LogP contribution in [0.15, 0.2) is 53.4 Å². The standard InChI is InChI=1S/C16H20N2O2S/c1-2-14-7-3-4-8-15(14)12-18-11-13-6-5-9-16(10-13)21(17,19)20/h3-10,18H,2,11-12H2,1H3,(H2,17,19,20). The van der Waals surface area contributed by atoms with Crippen LogP contribution in [0.1, 0.15) is 23.6 Å². The summed E-state index contributed by atoms with van der Waals surface area (Å²) in [4.78, 5) is 0.149. The van der Waals surface area contributed by atoms with E-state index in [9.17, 15) is 8.42 Å². The fourth-order valence-corrected chi connectivity index (χ4v) is 2.83. The summed E-state index contributed by atoms with van der Waals surface area (Å²) < 4.78 is 22.6. The van der Waals surface area contributed by atoms with Crippen molar-refractivity contribution in [3.8, 4) is 0 Å². The SMILES string of the molecule is CCc1ccccc1CNCc1cccc(S(N)(=O)=O)c1. The van der Waals surface area contributed by atoms with Crippen LogP contribution in [-0.4, -0.2) is 8.42 Å². The molecule has 2 aromatic carbocycles. The van der Waals surface area contributed by atoms with Gasteiger partial charge >= 0.3 is 0 Å². The molecule has 0 spiro atoms. The molecule has 0 radical (unpaired) electrons. The van der Waals surface area contributed by atoms with Crippen LogP contribution in [0.2, 0.25) is 0 Å². The highest BCUT2D eigenvalue weighted by Gasteiger charge is 2.07. The molecule has 0 aromatic heterocycles. The van der Waals surface area contributed by atoms with Crippen molar-refractivity contribution in [2.24, 2.45) is 5.14 Å². The summed E-state index contributed by atoms with van der Waals surface area (Å²) in [5.41, 5.74) is 3.49. The first kappa shape index (κ1) is 15.7. The third-order valence-corrected chi connectivity index (χ3v) is 4.28. The van der Waals surface area contributed by atoms with Crippen molar-refractivity contribution in [2.45, 2.75) is 31.3 Å². The minimum atomic E-state index is -3.64. The molecule has 0 amide bonds. The zero-order chi connectivity index (χ0) is 15.3. The maximum absolute atomic E-state index is 11.3. The van der Waals surface area contributed by atoms with Gasteiger partial charge in [0.2, 0.25) is 10.0 Å². The number of hydrogen-bond donors (Lipinski definition) is 2. The van der Waals surface area contributed by atoms with Crippen LogP contribution in [0.25, 0.3) is 0 Å². The van der Waals surface area contributed by atoms with Gasteiger partial charge in [0.15, 0.2) is 0 Å². The van der Waals surface area contributed by atoms with Gasteiger partial charge in [-0.05, 0) is 35.2 Å². The van der Waals surface area contributed by atoms with Crippen LogP contribution < -0.4 is 10.5 Å². The second-order valence-corrected chi connectivity index (χ2v) is 6.48. The smallest absolute Gasteiger partial charge is 0.238 e. The number of benzene rings is 2. The Hall–Kier alpha value is -1.69. The van der Waals surface area contributed by atoms with Crippen LogP contribution in [0, 0.1) is 0 Å². The second kappa shape index (κ2) is 6.85. The highest BCUT2D eigenvalue weighted by Crippen LogP contribution is 2.11. The maximum Gasteiger partial charge on any atom is 0.238 e. The molecular formula is C16H20N2O2S. The van der Waals surface area contributed by atoms with Gasteiger partial charge in [0.05, 0.1) is 4.90 Å². The molecule has 112 valence electrons. The Kier molecular flexibility index (Phi) is 5.12. The highest BCUT2D eigenvalue weighted by atomic mass is 32.2. The quantitative estimate of drug-likeness (QED) is 0.859. The fourth-order valence-electron chi connectivity index (χ4n) is 2.25. The van der Waals surface area contributed by atoms with Crippen LogP contribution in [0.5, 0.6) is 0 Å². The summed E-state index contributed by atoms with van der Waals surface area (Å²) in [7, 11) is -3.64. The first-order chi connectivity index (χ1) is 10.0. The third-order valence-electron chi connectivity index (χ3n) is 3.37. The molecule has 0 saturated carbocycles. The van der Waals surface area contributed by atoms with E-state index in [1.54, 1.807) is 12.1 Å². The largest absolute Gasteiger partial charge is 0.309 e. The van der Waals surface area contributed by atoms with Crippen LogP contribution in [-0.2, 0) is 29.5 Å². The Labute approximate surface area is 126 Å². The van der Waals surface area contributed by atoms with Crippen molar-refractivity contribution >= 4 is 10.0 Å². The maximum atomic E-state index is 11.3. The van der Waals surface area contributed by atoms with Crippen molar-refractivity contribution < 1.29 is 8.42 Å². The van der Waals surface area contributed by atoms with Gasteiger partial charge in [-0.3, -0.25) is 0 Å². The molecule has 0 saturated heterocycles. The number of aryl methyl sites for hydroxylation is 1. The Morgan fingerprint density at radius 2 is 1.71 bits per heavy atom. The number of rotatable bonds is 6. The number of sulfonamides is 1. The summed E-state index contributed by atoms with van der Waals surface area (Å²) >= 11 is 0. The van der Waals surface area contributed by atoms with Crippen molar-refractivity contribution in [3.05, 3.63) is 65.2 Å². The minimum absolute atomic E-state index is 0.149. The number of hydrogen-bond acceptors (Lipinski definition) is 3. The molecule has 21 heavy (non-hydrogen) atoms. The summed E-state index contributed by atoms with van der Waals surface area (Å²) in [6, 6.07) is 15.0. The molecule has 0 unspecified atom stereocenters. The van der Waals surface area contributed by atoms with E-state index in [1.807, 2.05) is 18.2 Å². The van der Waals surface area contributed by atoms with Crippen molar-refractivity contribution in [1.29, 1.82) is 0 Å². The Bertz CT molecular complexity index is 712. The van der Waals surface area contributed by atoms with E-state index in [-0.39, 0.29) is 4.90 Å². The van der Waals surface area contributed by atoms with Gasteiger partial charge < -0.3 is 5.32 Å². The first-order valence-corrected chi connectivity index (χ1v) is 8.44. The Morgan fingerprint density at radius 1 is 1.00 bits per heavy atom. The van der Waals surface area contributed by atoms with E-state index in [1.165, 1.54) is 17.2 Å². The molecule has 2 aromatic rings. The van der Waals surface area contributed by atoms with Gasteiger partial charge in [0.25, 0.3) is 0 Å². The lowest BCUT2D eigenvalue weighted by atomic mass is 10.1. The van der Waals surface area contributed by atoms with Crippen LogP contribution in [0.3, 0.4) is 0 Å². The van der Waals surface area contributed by atoms with Crippen LogP contribution >= 0.6 is 0 Å². The summed E-state index contributed by atoms with van der Waals surface area (Å²) in [6.45, 7) is 3.49. The molecule has 5 heteroatoms. The van der Waals surface area contributed by atoms with E-state index in [0.29, 0.717) is 6.54 Å². The molecular weight excluding hydrogens is 284 g/mol. The average Bonchev–Trinajstić information content (AvgIpc) is 2.47. The van der Waals surface area contributed by atoms with Gasteiger partial charge in [-0.1, -0.05) is 43.3 Å². The third kappa shape index (κ3) is 4.39. The molecule has 0 aliphatic rings. The lowest BCUT2D eigenvalue weighted by Gasteiger charge is -2.10. The summed E-state index contributed by atoms with van der Waals surface area (Å²) in [6.07, 6.45) is 0.999. The molecule has 0 bridgehead atoms. The molecule has 0 heterocycles. The second-order valence-electron chi connectivity index (χ2n) is 4.92. The predicted molar refractivity (Wildman–Crippen MR) is 84.2 cm³/mol. The summed E-state index contributed by atoms with van der Waals surface area (Å²) in [5, 5.41) is 8.47. The van der Waals surface area contributed by atoms with E-state index < -0.39 is 10.0 Å². The number of nitrogens with one attached hydrogen (secondary N) is 1. The zero-order valence-corrected chi connectivity index (χ0v) is 12.9. The van der Waals surface area contributed by atoms with Crippen molar-refractivity contribution in [3.63, 3.8) is 0 Å². The molecule has 0 aliphatic heterocycles. The van der Waals surface area contributed by atoms with Gasteiger partial charge in [0, 0.05) is 13.1 Å². The highest BCUT2D eigenvalue weighted by molar-refractivity contribution is 7.89. The molecule has 0 atom stereocenters. The van der Waals surface area contributed by atoms with Gasteiger partial charge in [-0.2, -0.15) is 0 Å². The Morgan fingerprint density at radius 3 is 2.38 bits per heavy atom. The fraction of sp³-hybridized carbons (Fsp3) is 0.250. The molecule has 2 rings (SSSR count). The monoisotopic (exact) mass is 304 g/mol. The first-order valence-electron chi connectivity index (χ1n) is 6.90. The lowest BCUT2D eigenvalue weighted by Crippen LogP contribution is -2.15. The minimum Gasteiger partial charge on any atom is -0.309 e. The van der Waals surface area contributed by atoms with Crippen molar-refractivity contribution in [2.75, 3.05) is 0 Å². The molecule has 4 nitrogen and oxygen atoms in total. The average molecular weight is 304 g/mol. The van der Waals surface area contributed by atoms with E-state index >= 15 is 0 Å². The lowest BCUT2D eigenvalue weighted by molar-refractivity contribution is 0.597. The summed E-state index contributed by atoms with van der Waals surface area (Å²) in [5.74, 6) is 0. The number of nitrogens with two attached hydrogens (primary N) is 1. The van der Waals surface area contributed by atoms with E-state index in [2.05, 4.69) is 24.4 Å². The predicted octanol–water partition coefficient (Wildman–Crippen LogP) is 2.19.